The lowest BCUT2D eigenvalue weighted by Gasteiger charge is -2.23. The average Bonchev–Trinajstić information content (AvgIpc) is 2.28. The molecule has 0 fully saturated rings. The third-order valence-electron chi connectivity index (χ3n) is 2.40. The van der Waals surface area contributed by atoms with Crippen molar-refractivity contribution in [2.45, 2.75) is 24.8 Å². The quantitative estimate of drug-likeness (QED) is 0.860. The van der Waals surface area contributed by atoms with E-state index in [0.717, 1.165) is 18.2 Å². The summed E-state index contributed by atoms with van der Waals surface area (Å²) in [5.74, 6) is -2.80. The van der Waals surface area contributed by atoms with E-state index in [-0.39, 0.29) is 9.92 Å². The van der Waals surface area contributed by atoms with E-state index in [2.05, 4.69) is 0 Å². The lowest BCUT2D eigenvalue weighted by molar-refractivity contribution is -0.309. The van der Waals surface area contributed by atoms with Crippen molar-refractivity contribution in [1.82, 2.24) is 4.72 Å². The molecule has 0 unspecified atom stereocenters. The number of sulfonamides is 1. The number of hydrogen-bond acceptors (Lipinski definition) is 4. The SMILES string of the molecule is CC(C)[C@H](NS(=O)(=O)c1ccc(F)c(Cl)c1)C(=O)[O-]. The third-order valence-corrected chi connectivity index (χ3v) is 4.13. The van der Waals surface area contributed by atoms with Crippen LogP contribution in [-0.4, -0.2) is 20.4 Å². The second-order valence-electron chi connectivity index (χ2n) is 4.24. The second-order valence-corrected chi connectivity index (χ2v) is 6.36. The highest BCUT2D eigenvalue weighted by Gasteiger charge is 2.24. The first-order valence-electron chi connectivity index (χ1n) is 5.33. The molecule has 1 atom stereocenters. The van der Waals surface area contributed by atoms with Crippen LogP contribution in [0.25, 0.3) is 0 Å². The van der Waals surface area contributed by atoms with Gasteiger partial charge in [-0.2, -0.15) is 0 Å². The standard InChI is InChI=1S/C11H13ClFNO4S/c1-6(2)10(11(15)16)14-19(17,18)7-3-4-9(13)8(12)5-7/h3-6,10,14H,1-2H3,(H,15,16)/p-1/t10-/m0/s1. The Hall–Kier alpha value is -1.18. The van der Waals surface area contributed by atoms with E-state index in [1.54, 1.807) is 0 Å². The molecule has 0 saturated carbocycles. The van der Waals surface area contributed by atoms with Gasteiger partial charge in [0.05, 0.1) is 21.9 Å². The maximum atomic E-state index is 13.0. The monoisotopic (exact) mass is 308 g/mol. The van der Waals surface area contributed by atoms with Crippen LogP contribution in [0.4, 0.5) is 4.39 Å². The molecule has 0 radical (unpaired) electrons. The summed E-state index contributed by atoms with van der Waals surface area (Å²) < 4.78 is 38.8. The molecule has 0 aliphatic rings. The number of nitrogens with one attached hydrogen (secondary N) is 1. The predicted molar refractivity (Wildman–Crippen MR) is 65.4 cm³/mol. The molecule has 106 valence electrons. The average molecular weight is 309 g/mol. The van der Waals surface area contributed by atoms with Gasteiger partial charge in [0.25, 0.3) is 0 Å². The molecule has 1 N–H and O–H groups in total. The van der Waals surface area contributed by atoms with Gasteiger partial charge in [-0.3, -0.25) is 0 Å². The summed E-state index contributed by atoms with van der Waals surface area (Å²) in [6.07, 6.45) is 0. The lowest BCUT2D eigenvalue weighted by atomic mass is 10.1. The largest absolute Gasteiger partial charge is 0.548 e. The normalized spacial score (nSPS) is 13.5. The maximum Gasteiger partial charge on any atom is 0.241 e. The van der Waals surface area contributed by atoms with Gasteiger partial charge in [-0.05, 0) is 24.1 Å². The van der Waals surface area contributed by atoms with Crippen LogP contribution in [-0.2, 0) is 14.8 Å². The van der Waals surface area contributed by atoms with Crippen LogP contribution in [0.1, 0.15) is 13.8 Å². The Labute approximate surface area is 115 Å². The molecule has 0 aromatic heterocycles. The molecule has 1 aromatic carbocycles. The van der Waals surface area contributed by atoms with Crippen LogP contribution in [0.2, 0.25) is 5.02 Å². The van der Waals surface area contributed by atoms with Crippen molar-refractivity contribution in [3.8, 4) is 0 Å². The van der Waals surface area contributed by atoms with E-state index in [0.29, 0.717) is 0 Å². The molecular weight excluding hydrogens is 297 g/mol. The minimum atomic E-state index is -4.11. The molecule has 0 aliphatic heterocycles. The number of carbonyl (C=O) groups excluding carboxylic acids is 1. The zero-order valence-corrected chi connectivity index (χ0v) is 11.8. The molecule has 19 heavy (non-hydrogen) atoms. The summed E-state index contributed by atoms with van der Waals surface area (Å²) >= 11 is 5.49. The summed E-state index contributed by atoms with van der Waals surface area (Å²) in [5.41, 5.74) is 0. The molecule has 0 aliphatic carbocycles. The Morgan fingerprint density at radius 3 is 2.42 bits per heavy atom. The Balaban J connectivity index is 3.10. The van der Waals surface area contributed by atoms with E-state index < -0.39 is 33.8 Å². The van der Waals surface area contributed by atoms with E-state index in [9.17, 15) is 22.7 Å². The molecule has 1 rings (SSSR count). The zero-order chi connectivity index (χ0) is 14.8. The number of aliphatic carboxylic acids is 1. The van der Waals surface area contributed by atoms with Gasteiger partial charge in [-0.15, -0.1) is 0 Å². The summed E-state index contributed by atoms with van der Waals surface area (Å²) in [6.45, 7) is 3.06. The lowest BCUT2D eigenvalue weighted by Crippen LogP contribution is -2.50. The molecule has 1 aromatic rings. The van der Waals surface area contributed by atoms with Crippen LogP contribution in [0.15, 0.2) is 23.1 Å². The topological polar surface area (TPSA) is 86.3 Å². The van der Waals surface area contributed by atoms with Crippen molar-refractivity contribution in [2.24, 2.45) is 5.92 Å². The van der Waals surface area contributed by atoms with Crippen molar-refractivity contribution in [3.05, 3.63) is 29.0 Å². The fourth-order valence-electron chi connectivity index (χ4n) is 1.34. The Kier molecular flexibility index (Phi) is 4.89. The number of hydrogen-bond donors (Lipinski definition) is 1. The minimum absolute atomic E-state index is 0.314. The van der Waals surface area contributed by atoms with Crippen molar-refractivity contribution in [2.75, 3.05) is 0 Å². The molecular formula is C11H12ClFNO4S-. The van der Waals surface area contributed by atoms with Crippen LogP contribution in [0.5, 0.6) is 0 Å². The van der Waals surface area contributed by atoms with Gasteiger partial charge in [0, 0.05) is 0 Å². The first-order chi connectivity index (χ1) is 8.65. The Morgan fingerprint density at radius 1 is 1.42 bits per heavy atom. The van der Waals surface area contributed by atoms with Crippen molar-refractivity contribution >= 4 is 27.6 Å². The Bertz CT molecular complexity index is 588. The highest BCUT2D eigenvalue weighted by Crippen LogP contribution is 2.20. The summed E-state index contributed by atoms with van der Waals surface area (Å²) in [6, 6.07) is 1.41. The van der Waals surface area contributed by atoms with E-state index in [1.165, 1.54) is 13.8 Å². The second kappa shape index (κ2) is 5.85. The van der Waals surface area contributed by atoms with E-state index in [4.69, 9.17) is 11.6 Å². The van der Waals surface area contributed by atoms with Crippen molar-refractivity contribution in [3.63, 3.8) is 0 Å². The van der Waals surface area contributed by atoms with Gasteiger partial charge in [-0.1, -0.05) is 25.4 Å². The Morgan fingerprint density at radius 2 is 2.00 bits per heavy atom. The fourth-order valence-corrected chi connectivity index (χ4v) is 2.94. The molecule has 5 nitrogen and oxygen atoms in total. The highest BCUT2D eigenvalue weighted by atomic mass is 35.5. The number of halogens is 2. The molecule has 8 heteroatoms. The number of carboxylic acids is 1. The van der Waals surface area contributed by atoms with Gasteiger partial charge in [-0.25, -0.2) is 17.5 Å². The summed E-state index contributed by atoms with van der Waals surface area (Å²) in [7, 11) is -4.11. The zero-order valence-electron chi connectivity index (χ0n) is 10.2. The van der Waals surface area contributed by atoms with E-state index in [1.807, 2.05) is 4.72 Å². The van der Waals surface area contributed by atoms with Crippen molar-refractivity contribution < 1.29 is 22.7 Å². The highest BCUT2D eigenvalue weighted by molar-refractivity contribution is 7.89. The molecule has 0 heterocycles. The molecule has 0 amide bonds. The fraction of sp³-hybridized carbons (Fsp3) is 0.364. The molecule has 0 saturated heterocycles. The van der Waals surface area contributed by atoms with Gasteiger partial charge >= 0.3 is 0 Å². The van der Waals surface area contributed by atoms with Gasteiger partial charge < -0.3 is 9.90 Å². The first-order valence-corrected chi connectivity index (χ1v) is 7.19. The smallest absolute Gasteiger partial charge is 0.241 e. The third kappa shape index (κ3) is 3.89. The number of carbonyl (C=O) groups is 1. The van der Waals surface area contributed by atoms with Crippen LogP contribution < -0.4 is 9.83 Å². The van der Waals surface area contributed by atoms with Crippen molar-refractivity contribution in [1.29, 1.82) is 0 Å². The van der Waals surface area contributed by atoms with Crippen LogP contribution in [0, 0.1) is 11.7 Å². The van der Waals surface area contributed by atoms with E-state index >= 15 is 0 Å². The summed E-state index contributed by atoms with van der Waals surface area (Å²) in [4.78, 5) is 10.5. The maximum absolute atomic E-state index is 13.0. The number of rotatable bonds is 5. The molecule has 0 spiro atoms. The van der Waals surface area contributed by atoms with Crippen LogP contribution in [0.3, 0.4) is 0 Å². The van der Waals surface area contributed by atoms with Gasteiger partial charge in [0.1, 0.15) is 5.82 Å². The summed E-state index contributed by atoms with van der Waals surface area (Å²) in [5, 5.41) is 10.5. The van der Waals surface area contributed by atoms with Gasteiger partial charge in [0.15, 0.2) is 0 Å². The number of benzene rings is 1. The predicted octanol–water partition coefficient (Wildman–Crippen LogP) is 0.532. The molecule has 0 bridgehead atoms. The number of carboxylic acid groups (broad SMARTS) is 1. The minimum Gasteiger partial charge on any atom is -0.548 e. The van der Waals surface area contributed by atoms with Crippen LogP contribution >= 0.6 is 11.6 Å². The first kappa shape index (κ1) is 15.9. The van der Waals surface area contributed by atoms with Gasteiger partial charge in [0.2, 0.25) is 10.0 Å².